The van der Waals surface area contributed by atoms with Crippen molar-refractivity contribution in [3.63, 3.8) is 0 Å². The first-order valence-electron chi connectivity index (χ1n) is 5.49. The van der Waals surface area contributed by atoms with E-state index in [0.717, 1.165) is 24.8 Å². The Morgan fingerprint density at radius 1 is 1.06 bits per heavy atom. The molecule has 0 aliphatic heterocycles. The van der Waals surface area contributed by atoms with E-state index >= 15 is 0 Å². The molecule has 0 saturated carbocycles. The van der Waals surface area contributed by atoms with Gasteiger partial charge in [-0.05, 0) is 24.5 Å². The summed E-state index contributed by atoms with van der Waals surface area (Å²) in [5, 5.41) is 26.9. The van der Waals surface area contributed by atoms with Gasteiger partial charge in [0.1, 0.15) is 18.2 Å². The lowest BCUT2D eigenvalue weighted by molar-refractivity contribution is 0.790. The van der Waals surface area contributed by atoms with Crippen LogP contribution in [0, 0.1) is 40.4 Å². The highest BCUT2D eigenvalue weighted by Gasteiger charge is 2.12. The quantitative estimate of drug-likeness (QED) is 0.735. The second-order valence-electron chi connectivity index (χ2n) is 3.63. The fourth-order valence-corrected chi connectivity index (χ4v) is 1.58. The Hall–Kier alpha value is -2.31. The third-order valence-electron chi connectivity index (χ3n) is 2.50. The molecule has 1 radical (unpaired) electrons. The second-order valence-corrected chi connectivity index (χ2v) is 3.63. The van der Waals surface area contributed by atoms with Gasteiger partial charge in [-0.3, -0.25) is 0 Å². The highest BCUT2D eigenvalue weighted by Crippen LogP contribution is 2.20. The van der Waals surface area contributed by atoms with Crippen LogP contribution in [0.4, 0.5) is 0 Å². The smallest absolute Gasteiger partial charge is 0.102 e. The standard InChI is InChI=1S/C14H12N3/c1-2-3-4-5-11-6-7-12(8-15)14(10-17)13(11)9-16/h5-7H,2-4H2,1H3. The lowest BCUT2D eigenvalue weighted by atomic mass is 9.95. The number of nitrogens with zero attached hydrogens (tertiary/aromatic N) is 3. The van der Waals surface area contributed by atoms with Crippen LogP contribution in [-0.4, -0.2) is 0 Å². The van der Waals surface area contributed by atoms with Gasteiger partial charge in [0.05, 0.1) is 16.7 Å². The molecule has 0 fully saturated rings. The molecule has 0 N–H and O–H groups in total. The third-order valence-corrected chi connectivity index (χ3v) is 2.50. The Morgan fingerprint density at radius 3 is 2.29 bits per heavy atom. The van der Waals surface area contributed by atoms with Crippen LogP contribution in [-0.2, 0) is 0 Å². The summed E-state index contributed by atoms with van der Waals surface area (Å²) >= 11 is 0. The van der Waals surface area contributed by atoms with Gasteiger partial charge in [-0.15, -0.1) is 0 Å². The maximum atomic E-state index is 9.08. The Labute approximate surface area is 102 Å². The van der Waals surface area contributed by atoms with E-state index in [-0.39, 0.29) is 11.1 Å². The van der Waals surface area contributed by atoms with E-state index < -0.39 is 0 Å². The van der Waals surface area contributed by atoms with E-state index in [1.165, 1.54) is 0 Å². The zero-order valence-electron chi connectivity index (χ0n) is 9.70. The third kappa shape index (κ3) is 2.83. The van der Waals surface area contributed by atoms with Crippen molar-refractivity contribution in [3.05, 3.63) is 40.8 Å². The lowest BCUT2D eigenvalue weighted by Crippen LogP contribution is -1.96. The molecule has 0 amide bonds. The van der Waals surface area contributed by atoms with Gasteiger partial charge in [-0.2, -0.15) is 15.8 Å². The van der Waals surface area contributed by atoms with E-state index in [2.05, 4.69) is 6.92 Å². The van der Waals surface area contributed by atoms with Gasteiger partial charge in [0, 0.05) is 0 Å². The molecule has 0 atom stereocenters. The normalized spacial score (nSPS) is 9.06. The second kappa shape index (κ2) is 6.31. The lowest BCUT2D eigenvalue weighted by Gasteiger charge is -2.05. The van der Waals surface area contributed by atoms with Crippen molar-refractivity contribution in [2.24, 2.45) is 0 Å². The van der Waals surface area contributed by atoms with Crippen LogP contribution in [0.15, 0.2) is 12.1 Å². The summed E-state index contributed by atoms with van der Waals surface area (Å²) in [6, 6.07) is 9.20. The number of hydrogen-bond donors (Lipinski definition) is 0. The van der Waals surface area contributed by atoms with Crippen LogP contribution in [0.3, 0.4) is 0 Å². The van der Waals surface area contributed by atoms with Gasteiger partial charge in [0.2, 0.25) is 0 Å². The molecule has 1 aromatic carbocycles. The largest absolute Gasteiger partial charge is 0.192 e. The molecular weight excluding hydrogens is 210 g/mol. The number of benzene rings is 1. The highest BCUT2D eigenvalue weighted by molar-refractivity contribution is 5.59. The Morgan fingerprint density at radius 2 is 1.76 bits per heavy atom. The van der Waals surface area contributed by atoms with E-state index in [1.807, 2.05) is 24.6 Å². The van der Waals surface area contributed by atoms with E-state index in [9.17, 15) is 0 Å². The monoisotopic (exact) mass is 222 g/mol. The van der Waals surface area contributed by atoms with Crippen LogP contribution in [0.1, 0.15) is 48.4 Å². The maximum absolute atomic E-state index is 9.08. The summed E-state index contributed by atoms with van der Waals surface area (Å²) in [7, 11) is 0. The summed E-state index contributed by atoms with van der Waals surface area (Å²) in [5.41, 5.74) is 1.50. The summed E-state index contributed by atoms with van der Waals surface area (Å²) in [5.74, 6) is 0. The van der Waals surface area contributed by atoms with Crippen LogP contribution in [0.5, 0.6) is 0 Å². The minimum absolute atomic E-state index is 0.181. The number of nitriles is 3. The van der Waals surface area contributed by atoms with Crippen LogP contribution in [0.2, 0.25) is 0 Å². The molecule has 1 aromatic rings. The van der Waals surface area contributed by atoms with Gasteiger partial charge in [0.25, 0.3) is 0 Å². The van der Waals surface area contributed by atoms with E-state index in [4.69, 9.17) is 15.8 Å². The predicted molar refractivity (Wildman–Crippen MR) is 63.5 cm³/mol. The first-order chi connectivity index (χ1) is 8.28. The van der Waals surface area contributed by atoms with Crippen LogP contribution in [0.25, 0.3) is 0 Å². The van der Waals surface area contributed by atoms with Crippen molar-refractivity contribution < 1.29 is 0 Å². The number of unbranched alkanes of at least 4 members (excludes halogenated alkanes) is 2. The minimum atomic E-state index is 0.181. The molecule has 0 saturated heterocycles. The maximum Gasteiger partial charge on any atom is 0.102 e. The van der Waals surface area contributed by atoms with Crippen LogP contribution < -0.4 is 0 Å². The Balaban J connectivity index is 3.14. The molecule has 0 spiro atoms. The zero-order valence-corrected chi connectivity index (χ0v) is 9.70. The first-order valence-corrected chi connectivity index (χ1v) is 5.49. The number of hydrogen-bond acceptors (Lipinski definition) is 3. The fraction of sp³-hybridized carbons (Fsp3) is 0.286. The molecule has 1 rings (SSSR count). The minimum Gasteiger partial charge on any atom is -0.192 e. The Bertz CT molecular complexity index is 524. The molecule has 0 unspecified atom stereocenters. The first kappa shape index (κ1) is 12.8. The molecule has 83 valence electrons. The average Bonchev–Trinajstić information content (AvgIpc) is 2.38. The average molecular weight is 222 g/mol. The predicted octanol–water partition coefficient (Wildman–Crippen LogP) is 3.04. The molecule has 0 aromatic heterocycles. The summed E-state index contributed by atoms with van der Waals surface area (Å²) in [6.45, 7) is 2.10. The van der Waals surface area contributed by atoms with Gasteiger partial charge >= 0.3 is 0 Å². The molecule has 3 heteroatoms. The summed E-state index contributed by atoms with van der Waals surface area (Å²) < 4.78 is 0. The van der Waals surface area contributed by atoms with Gasteiger partial charge in [-0.25, -0.2) is 0 Å². The SMILES string of the molecule is CCCC[CH]c1ccc(C#N)c(C#N)c1C#N. The molecule has 0 heterocycles. The Kier molecular flexibility index (Phi) is 4.74. The topological polar surface area (TPSA) is 71.4 Å². The molecule has 0 aliphatic carbocycles. The van der Waals surface area contributed by atoms with Crippen molar-refractivity contribution in [2.45, 2.75) is 26.2 Å². The highest BCUT2D eigenvalue weighted by atomic mass is 14.3. The molecule has 3 nitrogen and oxygen atoms in total. The van der Waals surface area contributed by atoms with E-state index in [1.54, 1.807) is 12.1 Å². The van der Waals surface area contributed by atoms with Crippen LogP contribution >= 0.6 is 0 Å². The van der Waals surface area contributed by atoms with Crippen molar-refractivity contribution in [1.82, 2.24) is 0 Å². The van der Waals surface area contributed by atoms with Crippen molar-refractivity contribution >= 4 is 0 Å². The summed E-state index contributed by atoms with van der Waals surface area (Å²) in [6.07, 6.45) is 4.96. The number of rotatable bonds is 4. The van der Waals surface area contributed by atoms with Crippen molar-refractivity contribution in [2.75, 3.05) is 0 Å². The van der Waals surface area contributed by atoms with Gasteiger partial charge in [0.15, 0.2) is 0 Å². The van der Waals surface area contributed by atoms with Crippen molar-refractivity contribution in [3.8, 4) is 18.2 Å². The van der Waals surface area contributed by atoms with Crippen molar-refractivity contribution in [1.29, 1.82) is 15.8 Å². The molecular formula is C14H12N3. The van der Waals surface area contributed by atoms with Gasteiger partial charge in [-0.1, -0.05) is 25.8 Å². The molecule has 0 bridgehead atoms. The summed E-state index contributed by atoms with van der Waals surface area (Å²) in [4.78, 5) is 0. The zero-order chi connectivity index (χ0) is 12.7. The van der Waals surface area contributed by atoms with Gasteiger partial charge < -0.3 is 0 Å². The molecule has 17 heavy (non-hydrogen) atoms. The van der Waals surface area contributed by atoms with E-state index in [0.29, 0.717) is 5.56 Å². The molecule has 0 aliphatic rings. The fourth-order valence-electron chi connectivity index (χ4n) is 1.58.